The van der Waals surface area contributed by atoms with Crippen molar-refractivity contribution in [1.29, 1.82) is 0 Å². The van der Waals surface area contributed by atoms with Crippen molar-refractivity contribution >= 4 is 165 Å². The molecule has 20 rings (SSSR count). The van der Waals surface area contributed by atoms with Crippen molar-refractivity contribution in [3.8, 4) is 16.8 Å². The molecule has 17 aromatic carbocycles. The van der Waals surface area contributed by atoms with Crippen molar-refractivity contribution < 1.29 is 0 Å². The third kappa shape index (κ3) is 11.3. The van der Waals surface area contributed by atoms with Gasteiger partial charge in [0.1, 0.15) is 0 Å². The molecule has 0 N–H and O–H groups in total. The standard InChI is InChI=1S/C106H82BN3Si3/c1-106(2,3)79-63-60-77(61-64-79)78-62-71-101-98(72-78)107-97-70-69-94(113(89-49-25-10-26-50-89,90-51-27-11-28-52-90)91-53-29-12-30-54-91)76-102(97)109(81-36-35-55-93(73-81)112(86-43-19-7-20-44-86,87-45-21-8-22-46-87)88-47-23-9-24-48-88)104-75-82(110-99-58-33-31-56-95(99)96-57-32-34-59-100(96)110)74-103(105(104)107)108(101)80-65-67-92(68-66-80)111(83-37-13-4-14-38-83,84-39-15-5-16-40-84)85-41-17-6-18-42-85/h4-76H,1-3H3. The highest BCUT2D eigenvalue weighted by Gasteiger charge is 2.49. The van der Waals surface area contributed by atoms with Gasteiger partial charge in [0.05, 0.1) is 16.7 Å². The van der Waals surface area contributed by atoms with Crippen molar-refractivity contribution in [1.82, 2.24) is 4.57 Å². The molecule has 3 nitrogen and oxygen atoms in total. The lowest BCUT2D eigenvalue weighted by Crippen LogP contribution is -2.75. The second-order valence-corrected chi connectivity index (χ2v) is 42.8. The van der Waals surface area contributed by atoms with Crippen LogP contribution in [0.4, 0.5) is 34.1 Å². The van der Waals surface area contributed by atoms with Gasteiger partial charge in [0.15, 0.2) is 24.2 Å². The third-order valence-electron chi connectivity index (χ3n) is 24.4. The molecule has 1 aromatic heterocycles. The summed E-state index contributed by atoms with van der Waals surface area (Å²) in [7, 11) is -9.33. The molecule has 0 saturated heterocycles. The van der Waals surface area contributed by atoms with Crippen LogP contribution in [0.15, 0.2) is 443 Å². The number of nitrogens with zero attached hydrogens (tertiary/aromatic N) is 3. The first-order valence-electron chi connectivity index (χ1n) is 39.6. The van der Waals surface area contributed by atoms with E-state index in [0.29, 0.717) is 0 Å². The van der Waals surface area contributed by atoms with Crippen LogP contribution in [0.5, 0.6) is 0 Å². The summed E-state index contributed by atoms with van der Waals surface area (Å²) in [6.45, 7) is 6.67. The fraction of sp³-hybridized carbons (Fsp3) is 0.0377. The van der Waals surface area contributed by atoms with Crippen LogP contribution in [0.25, 0.3) is 38.6 Å². The Morgan fingerprint density at radius 3 is 0.965 bits per heavy atom. The number of rotatable bonds is 16. The molecule has 7 heteroatoms. The number of hydrogen-bond donors (Lipinski definition) is 0. The quantitative estimate of drug-likeness (QED) is 0.0706. The summed E-state index contributed by atoms with van der Waals surface area (Å²) in [5, 5.41) is 18.3. The zero-order chi connectivity index (χ0) is 75.7. The van der Waals surface area contributed by atoms with E-state index in [9.17, 15) is 0 Å². The van der Waals surface area contributed by atoms with Gasteiger partial charge in [-0.3, -0.25) is 0 Å². The number of para-hydroxylation sites is 2. The number of fused-ring (bicyclic) bond motifs is 7. The van der Waals surface area contributed by atoms with Gasteiger partial charge < -0.3 is 14.4 Å². The molecule has 2 aliphatic rings. The first-order valence-corrected chi connectivity index (χ1v) is 45.6. The Bertz CT molecular complexity index is 6160. The molecule has 0 fully saturated rings. The van der Waals surface area contributed by atoms with E-state index in [4.69, 9.17) is 0 Å². The Morgan fingerprint density at radius 2 is 0.558 bits per heavy atom. The van der Waals surface area contributed by atoms with Crippen molar-refractivity contribution in [2.45, 2.75) is 26.2 Å². The largest absolute Gasteiger partial charge is 0.311 e. The summed E-state index contributed by atoms with van der Waals surface area (Å²) in [4.78, 5) is 5.36. The SMILES string of the molecule is CC(C)(C)c1ccc(-c2ccc3c(c2)B2c4ccc([Si](c5ccccc5)(c5ccccc5)c5ccccc5)cc4N(c4cccc([Si](c5ccccc5)(c5ccccc5)c5ccccc5)c4)c4cc(-n5c6ccccc6c6ccccc65)cc(c42)N3c2ccc([Si](c3ccccc3)(c3ccccc3)c3ccccc3)cc2)cc1. The maximum atomic E-state index is 2.72. The van der Waals surface area contributed by atoms with E-state index in [1.54, 1.807) is 0 Å². The minimum atomic E-state index is -3.21. The zero-order valence-electron chi connectivity index (χ0n) is 63.6. The molecule has 0 radical (unpaired) electrons. The number of hydrogen-bond acceptors (Lipinski definition) is 2. The van der Waals surface area contributed by atoms with Crippen molar-refractivity contribution in [2.24, 2.45) is 0 Å². The van der Waals surface area contributed by atoms with Crippen molar-refractivity contribution in [2.75, 3.05) is 9.80 Å². The Hall–Kier alpha value is -13.1. The summed E-state index contributed by atoms with van der Waals surface area (Å²) in [5.41, 5.74) is 17.5. The van der Waals surface area contributed by atoms with Gasteiger partial charge in [-0.25, -0.2) is 0 Å². The number of anilines is 6. The molecule has 0 spiro atoms. The van der Waals surface area contributed by atoms with Crippen LogP contribution in [0, 0.1) is 0 Å². The predicted molar refractivity (Wildman–Crippen MR) is 490 cm³/mol. The Labute approximate surface area is 666 Å². The van der Waals surface area contributed by atoms with E-state index in [1.165, 1.54) is 106 Å². The molecule has 2 aliphatic heterocycles. The Kier molecular flexibility index (Phi) is 17.3. The molecule has 536 valence electrons. The Morgan fingerprint density at radius 1 is 0.221 bits per heavy atom. The van der Waals surface area contributed by atoms with E-state index in [1.807, 2.05) is 0 Å². The molecule has 0 aliphatic carbocycles. The molecular weight excluding hydrogens is 1410 g/mol. The van der Waals surface area contributed by atoms with Crippen LogP contribution in [0.3, 0.4) is 0 Å². The second kappa shape index (κ2) is 28.3. The van der Waals surface area contributed by atoms with Gasteiger partial charge in [0.2, 0.25) is 0 Å². The lowest BCUT2D eigenvalue weighted by Gasteiger charge is -2.45. The van der Waals surface area contributed by atoms with E-state index < -0.39 is 24.2 Å². The Balaban J connectivity index is 0.928. The number of benzene rings is 17. The van der Waals surface area contributed by atoms with Crippen LogP contribution in [0.2, 0.25) is 0 Å². The van der Waals surface area contributed by atoms with Gasteiger partial charge in [0, 0.05) is 44.9 Å². The minimum absolute atomic E-state index is 0.0135. The second-order valence-electron chi connectivity index (χ2n) is 31.4. The molecule has 3 heterocycles. The molecule has 0 bridgehead atoms. The van der Waals surface area contributed by atoms with Gasteiger partial charge in [-0.1, -0.05) is 403 Å². The molecule has 18 aromatic rings. The lowest BCUT2D eigenvalue weighted by molar-refractivity contribution is 0.590. The monoisotopic (exact) mass is 1490 g/mol. The van der Waals surface area contributed by atoms with Crippen molar-refractivity contribution in [3.05, 3.63) is 448 Å². The van der Waals surface area contributed by atoms with Gasteiger partial charge in [-0.2, -0.15) is 0 Å². The first kappa shape index (κ1) is 69.1. The molecular formula is C106H82BN3Si3. The van der Waals surface area contributed by atoms with Crippen LogP contribution < -0.4 is 88.4 Å². The summed E-state index contributed by atoms with van der Waals surface area (Å²) in [5.74, 6) is 0. The maximum Gasteiger partial charge on any atom is 0.252 e. The summed E-state index contributed by atoms with van der Waals surface area (Å²) >= 11 is 0. The average Bonchev–Trinajstić information content (AvgIpc) is 1.21. The topological polar surface area (TPSA) is 11.4 Å². The highest BCUT2D eigenvalue weighted by Crippen LogP contribution is 2.47. The van der Waals surface area contributed by atoms with Crippen LogP contribution in [-0.4, -0.2) is 35.5 Å². The maximum absolute atomic E-state index is 3.21. The predicted octanol–water partition coefficient (Wildman–Crippen LogP) is 16.0. The molecule has 0 unspecified atom stereocenters. The van der Waals surface area contributed by atoms with Crippen molar-refractivity contribution in [3.63, 3.8) is 0 Å². The first-order chi connectivity index (χ1) is 55.7. The fourth-order valence-electron chi connectivity index (χ4n) is 19.4. The minimum Gasteiger partial charge on any atom is -0.311 e. The van der Waals surface area contributed by atoms with E-state index in [2.05, 4.69) is 478 Å². The molecule has 113 heavy (non-hydrogen) atoms. The molecule has 0 amide bonds. The normalized spacial score (nSPS) is 12.7. The van der Waals surface area contributed by atoms with Crippen LogP contribution in [-0.2, 0) is 5.41 Å². The molecule has 0 saturated carbocycles. The average molecular weight is 1490 g/mol. The fourth-order valence-corrected chi connectivity index (χ4v) is 33.7. The highest BCUT2D eigenvalue weighted by molar-refractivity contribution is 7.21. The third-order valence-corrected chi connectivity index (χ3v) is 38.7. The van der Waals surface area contributed by atoms with Gasteiger partial charge in [-0.05, 0) is 161 Å². The van der Waals surface area contributed by atoms with Crippen LogP contribution >= 0.6 is 0 Å². The van der Waals surface area contributed by atoms with E-state index >= 15 is 0 Å². The van der Waals surface area contributed by atoms with Crippen LogP contribution in [0.1, 0.15) is 26.3 Å². The number of aromatic nitrogens is 1. The summed E-state index contributed by atoms with van der Waals surface area (Å²) < 4.78 is 2.55. The van der Waals surface area contributed by atoms with E-state index in [-0.39, 0.29) is 12.1 Å². The molecule has 0 atom stereocenters. The van der Waals surface area contributed by atoms with Gasteiger partial charge in [-0.15, -0.1) is 0 Å². The smallest absolute Gasteiger partial charge is 0.252 e. The van der Waals surface area contributed by atoms with E-state index in [0.717, 1.165) is 50.8 Å². The summed E-state index contributed by atoms with van der Waals surface area (Å²) in [6.07, 6.45) is 0. The lowest BCUT2D eigenvalue weighted by atomic mass is 9.33. The van der Waals surface area contributed by atoms with Gasteiger partial charge >= 0.3 is 0 Å². The van der Waals surface area contributed by atoms with Gasteiger partial charge in [0.25, 0.3) is 6.71 Å². The zero-order valence-corrected chi connectivity index (χ0v) is 66.6. The highest BCUT2D eigenvalue weighted by atomic mass is 28.3. The summed E-state index contributed by atoms with van der Waals surface area (Å²) in [6, 6.07) is 170.